The number of hydrogen-bond donors (Lipinski definition) is 4. The Kier molecular flexibility index (Phi) is 10.4. The van der Waals surface area contributed by atoms with Gasteiger partial charge in [0.2, 0.25) is 11.8 Å². The van der Waals surface area contributed by atoms with E-state index in [-0.39, 0.29) is 36.2 Å². The van der Waals surface area contributed by atoms with Gasteiger partial charge in [-0.2, -0.15) is 5.10 Å². The number of nitrogens with one attached hydrogen (secondary N) is 4. The molecule has 0 saturated carbocycles. The van der Waals surface area contributed by atoms with Crippen molar-refractivity contribution in [1.29, 1.82) is 0 Å². The van der Waals surface area contributed by atoms with Gasteiger partial charge in [0.1, 0.15) is 17.6 Å². The maximum Gasteiger partial charge on any atom is 0.270 e. The van der Waals surface area contributed by atoms with E-state index in [1.54, 1.807) is 19.3 Å². The summed E-state index contributed by atoms with van der Waals surface area (Å²) < 4.78 is 13.2. The number of rotatable bonds is 12. The number of imidazole rings is 1. The molecule has 2 aliphatic rings. The number of amides is 3. The Balaban J connectivity index is 1.37. The van der Waals surface area contributed by atoms with Gasteiger partial charge in [-0.05, 0) is 67.5 Å². The molecule has 260 valence electrons. The van der Waals surface area contributed by atoms with Crippen LogP contribution in [0.15, 0.2) is 54.7 Å². The van der Waals surface area contributed by atoms with Gasteiger partial charge in [-0.1, -0.05) is 49.7 Å². The highest BCUT2D eigenvalue weighted by Gasteiger charge is 2.46. The Morgan fingerprint density at radius 1 is 1.12 bits per heavy atom. The van der Waals surface area contributed by atoms with Crippen molar-refractivity contribution in [2.45, 2.75) is 69.6 Å². The fourth-order valence-corrected chi connectivity index (χ4v) is 7.40. The Labute approximate surface area is 290 Å². The predicted octanol–water partition coefficient (Wildman–Crippen LogP) is 4.32. The van der Waals surface area contributed by atoms with Crippen LogP contribution in [0.5, 0.6) is 0 Å². The second-order valence-corrected chi connectivity index (χ2v) is 13.6. The van der Waals surface area contributed by atoms with Crippen LogP contribution in [-0.4, -0.2) is 76.0 Å². The van der Waals surface area contributed by atoms with Gasteiger partial charge in [-0.3, -0.25) is 19.1 Å². The lowest BCUT2D eigenvalue weighted by molar-refractivity contribution is -0.135. The van der Waals surface area contributed by atoms with E-state index in [0.717, 1.165) is 23.1 Å². The zero-order valence-electron chi connectivity index (χ0n) is 28.3. The zero-order valence-corrected chi connectivity index (χ0v) is 29.0. The maximum absolute atomic E-state index is 14.2. The number of carbonyl (C=O) groups excluding carboxylic acids is 3. The molecule has 0 radical (unpaired) electrons. The van der Waals surface area contributed by atoms with Gasteiger partial charge in [0.05, 0.1) is 35.2 Å². The molecule has 4 N–H and O–H groups in total. The summed E-state index contributed by atoms with van der Waals surface area (Å²) >= 11 is 6.75. The summed E-state index contributed by atoms with van der Waals surface area (Å²) in [7, 11) is 1.72. The lowest BCUT2D eigenvalue weighted by Crippen LogP contribution is -2.57. The Morgan fingerprint density at radius 2 is 1.94 bits per heavy atom. The first-order valence-corrected chi connectivity index (χ1v) is 17.3. The van der Waals surface area contributed by atoms with Crippen molar-refractivity contribution in [3.8, 4) is 0 Å². The molecule has 4 heterocycles. The second-order valence-electron chi connectivity index (χ2n) is 13.2. The SMILES string of the molecule is CCNC(=O)[C@H](NC(=O)C1(c2ccc3[nH]c([C@@H](NC(=O)c4ccnn4C)[C@H](c4ccccc4Cl)C(C)C)nc3c2)CCOC1)C1CCCO1. The smallest absolute Gasteiger partial charge is 0.270 e. The number of nitrogens with zero attached hydrogens (tertiary/aromatic N) is 3. The van der Waals surface area contributed by atoms with Crippen molar-refractivity contribution in [2.75, 3.05) is 26.4 Å². The minimum Gasteiger partial charge on any atom is -0.380 e. The average Bonchev–Trinajstić information content (AvgIpc) is 3.91. The number of aromatic nitrogens is 4. The van der Waals surface area contributed by atoms with Crippen LogP contribution in [0.3, 0.4) is 0 Å². The topological polar surface area (TPSA) is 152 Å². The van der Waals surface area contributed by atoms with Gasteiger partial charge in [0.25, 0.3) is 5.91 Å². The molecule has 2 aliphatic heterocycles. The number of aryl methyl sites for hydroxylation is 1. The molecule has 12 nitrogen and oxygen atoms in total. The van der Waals surface area contributed by atoms with Gasteiger partial charge < -0.3 is 30.4 Å². The van der Waals surface area contributed by atoms with Gasteiger partial charge in [-0.25, -0.2) is 4.98 Å². The summed E-state index contributed by atoms with van der Waals surface area (Å²) in [6, 6.07) is 13.6. The standard InChI is InChI=1S/C36H44ClN7O5/c1-5-38-34(46)30(28-11-8-17-49-28)43-35(47)36(15-18-48-20-36)22-12-13-25-26(19-22)41-32(40-25)31(42-33(45)27-14-16-39-44(27)4)29(21(2)3)23-9-6-7-10-24(23)37/h6-7,9-10,12-14,16,19,21,28-31H,5,8,11,15,17-18,20H2,1-4H3,(H,38,46)(H,40,41)(H,42,45)(H,43,47)/t28?,29-,30+,31-,36?/m0/s1. The van der Waals surface area contributed by atoms with Crippen LogP contribution in [0.1, 0.15) is 79.4 Å². The third kappa shape index (κ3) is 6.95. The molecule has 3 amide bonds. The number of benzene rings is 2. The summed E-state index contributed by atoms with van der Waals surface area (Å²) in [5.41, 5.74) is 2.39. The molecule has 2 saturated heterocycles. The number of aromatic amines is 1. The monoisotopic (exact) mass is 689 g/mol. The minimum atomic E-state index is -1.03. The quantitative estimate of drug-likeness (QED) is 0.173. The third-order valence-corrected chi connectivity index (χ3v) is 10.1. The van der Waals surface area contributed by atoms with Crippen molar-refractivity contribution in [2.24, 2.45) is 13.0 Å². The summed E-state index contributed by atoms with van der Waals surface area (Å²) in [5.74, 6) is -0.471. The molecule has 2 aromatic heterocycles. The molecule has 5 atom stereocenters. The number of ether oxygens (including phenoxy) is 2. The van der Waals surface area contributed by atoms with Crippen molar-refractivity contribution >= 4 is 40.4 Å². The highest BCUT2D eigenvalue weighted by molar-refractivity contribution is 6.31. The molecule has 2 fully saturated rings. The molecule has 2 aromatic carbocycles. The van der Waals surface area contributed by atoms with Crippen molar-refractivity contribution in [3.63, 3.8) is 0 Å². The summed E-state index contributed by atoms with van der Waals surface area (Å²) in [5, 5.41) is 13.9. The van der Waals surface area contributed by atoms with E-state index in [0.29, 0.717) is 54.7 Å². The van der Waals surface area contributed by atoms with Crippen LogP contribution in [0.2, 0.25) is 5.02 Å². The van der Waals surface area contributed by atoms with Crippen molar-refractivity contribution in [3.05, 3.63) is 82.4 Å². The lowest BCUT2D eigenvalue weighted by atomic mass is 9.78. The first-order chi connectivity index (χ1) is 23.6. The van der Waals surface area contributed by atoms with Crippen LogP contribution >= 0.6 is 11.6 Å². The highest BCUT2D eigenvalue weighted by Crippen LogP contribution is 2.41. The molecule has 0 spiro atoms. The molecule has 0 aliphatic carbocycles. The van der Waals surface area contributed by atoms with E-state index in [9.17, 15) is 14.4 Å². The number of fused-ring (bicyclic) bond motifs is 1. The number of likely N-dealkylation sites (N-methyl/N-ethyl adjacent to an activating group) is 1. The Bertz CT molecular complexity index is 1810. The number of hydrogen-bond acceptors (Lipinski definition) is 7. The number of H-pyrrole nitrogens is 1. The van der Waals surface area contributed by atoms with Crippen LogP contribution in [0.4, 0.5) is 0 Å². The Hall–Kier alpha value is -4.26. The minimum absolute atomic E-state index is 0.0600. The van der Waals surface area contributed by atoms with Crippen LogP contribution in [0, 0.1) is 5.92 Å². The number of carbonyl (C=O) groups is 3. The normalized spacial score (nSPS) is 21.1. The van der Waals surface area contributed by atoms with E-state index in [1.165, 1.54) is 4.68 Å². The van der Waals surface area contributed by atoms with Gasteiger partial charge in [0, 0.05) is 43.9 Å². The zero-order chi connectivity index (χ0) is 34.7. The molecule has 6 rings (SSSR count). The van der Waals surface area contributed by atoms with E-state index in [2.05, 4.69) is 39.9 Å². The van der Waals surface area contributed by atoms with Crippen LogP contribution in [-0.2, 0) is 31.5 Å². The molecule has 4 aromatic rings. The second kappa shape index (κ2) is 14.7. The molecule has 13 heteroatoms. The molecule has 49 heavy (non-hydrogen) atoms. The first-order valence-electron chi connectivity index (χ1n) is 16.9. The fourth-order valence-electron chi connectivity index (χ4n) is 7.14. The summed E-state index contributed by atoms with van der Waals surface area (Å²) in [6.45, 7) is 7.59. The maximum atomic E-state index is 14.2. The van der Waals surface area contributed by atoms with E-state index < -0.39 is 23.6 Å². The van der Waals surface area contributed by atoms with Crippen LogP contribution in [0.25, 0.3) is 11.0 Å². The van der Waals surface area contributed by atoms with Crippen molar-refractivity contribution in [1.82, 2.24) is 35.7 Å². The van der Waals surface area contributed by atoms with Gasteiger partial charge in [-0.15, -0.1) is 0 Å². The summed E-state index contributed by atoms with van der Waals surface area (Å²) in [4.78, 5) is 49.4. The van der Waals surface area contributed by atoms with E-state index in [1.807, 2.05) is 49.4 Å². The molecule has 2 unspecified atom stereocenters. The third-order valence-electron chi connectivity index (χ3n) is 9.74. The first kappa shape index (κ1) is 34.6. The fraction of sp³-hybridized carbons (Fsp3) is 0.472. The van der Waals surface area contributed by atoms with E-state index in [4.69, 9.17) is 26.1 Å². The Morgan fingerprint density at radius 3 is 2.59 bits per heavy atom. The molecular formula is C36H44ClN7O5. The number of halogens is 1. The predicted molar refractivity (Wildman–Crippen MR) is 185 cm³/mol. The van der Waals surface area contributed by atoms with Crippen molar-refractivity contribution < 1.29 is 23.9 Å². The van der Waals surface area contributed by atoms with E-state index >= 15 is 0 Å². The highest BCUT2D eigenvalue weighted by atomic mass is 35.5. The van der Waals surface area contributed by atoms with Gasteiger partial charge >= 0.3 is 0 Å². The van der Waals surface area contributed by atoms with Gasteiger partial charge in [0.15, 0.2) is 0 Å². The van der Waals surface area contributed by atoms with Crippen LogP contribution < -0.4 is 16.0 Å². The summed E-state index contributed by atoms with van der Waals surface area (Å²) in [6.07, 6.45) is 3.16. The average molecular weight is 690 g/mol. The molecule has 0 bridgehead atoms. The molecular weight excluding hydrogens is 646 g/mol. The largest absolute Gasteiger partial charge is 0.380 e. The lowest BCUT2D eigenvalue weighted by Gasteiger charge is -2.31.